The van der Waals surface area contributed by atoms with Gasteiger partial charge in [0, 0.05) is 16.3 Å². The lowest BCUT2D eigenvalue weighted by molar-refractivity contribution is 0.461. The normalized spacial score (nSPS) is 21.0. The van der Waals surface area contributed by atoms with Crippen molar-refractivity contribution in [2.45, 2.75) is 28.6 Å². The van der Waals surface area contributed by atoms with Gasteiger partial charge < -0.3 is 5.32 Å². The highest BCUT2D eigenvalue weighted by Crippen LogP contribution is 2.32. The van der Waals surface area contributed by atoms with Crippen molar-refractivity contribution in [1.82, 2.24) is 5.32 Å². The Labute approximate surface area is 107 Å². The number of rotatable bonds is 3. The second kappa shape index (κ2) is 5.99. The molecule has 1 fully saturated rings. The summed E-state index contributed by atoms with van der Waals surface area (Å²) < 4.78 is 0. The Morgan fingerprint density at radius 2 is 2.00 bits per heavy atom. The molecule has 1 saturated heterocycles. The lowest BCUT2D eigenvalue weighted by atomic mass is 9.92. The maximum atomic E-state index is 3.49. The van der Waals surface area contributed by atoms with Crippen molar-refractivity contribution in [2.24, 2.45) is 0 Å². The SMILES string of the molecule is CSc1ccc(C2CCCNC2)cc1SC. The van der Waals surface area contributed by atoms with Crippen LogP contribution in [0.4, 0.5) is 0 Å². The van der Waals surface area contributed by atoms with Crippen LogP contribution in [-0.4, -0.2) is 25.6 Å². The molecule has 1 nitrogen and oxygen atoms in total. The molecule has 0 aromatic heterocycles. The van der Waals surface area contributed by atoms with Gasteiger partial charge in [0.15, 0.2) is 0 Å². The van der Waals surface area contributed by atoms with Crippen molar-refractivity contribution in [2.75, 3.05) is 25.6 Å². The molecule has 1 aromatic rings. The van der Waals surface area contributed by atoms with Crippen LogP contribution in [-0.2, 0) is 0 Å². The molecule has 1 aromatic carbocycles. The zero-order valence-electron chi connectivity index (χ0n) is 9.95. The lowest BCUT2D eigenvalue weighted by Gasteiger charge is -2.23. The zero-order chi connectivity index (χ0) is 11.4. The van der Waals surface area contributed by atoms with Gasteiger partial charge in [0.2, 0.25) is 0 Å². The molecule has 1 aliphatic rings. The highest BCUT2D eigenvalue weighted by atomic mass is 32.2. The number of nitrogens with one attached hydrogen (secondary N) is 1. The minimum Gasteiger partial charge on any atom is -0.316 e. The molecule has 16 heavy (non-hydrogen) atoms. The molecule has 0 radical (unpaired) electrons. The van der Waals surface area contributed by atoms with E-state index < -0.39 is 0 Å². The number of hydrogen-bond acceptors (Lipinski definition) is 3. The van der Waals surface area contributed by atoms with Crippen LogP contribution in [0, 0.1) is 0 Å². The minimum absolute atomic E-state index is 0.718. The molecule has 3 heteroatoms. The molecule has 1 atom stereocenters. The summed E-state index contributed by atoms with van der Waals surface area (Å²) in [6.07, 6.45) is 6.96. The summed E-state index contributed by atoms with van der Waals surface area (Å²) in [5, 5.41) is 3.49. The van der Waals surface area contributed by atoms with E-state index >= 15 is 0 Å². The van der Waals surface area contributed by atoms with E-state index in [1.807, 2.05) is 23.5 Å². The van der Waals surface area contributed by atoms with Gasteiger partial charge in [-0.3, -0.25) is 0 Å². The Morgan fingerprint density at radius 3 is 2.62 bits per heavy atom. The van der Waals surface area contributed by atoms with Crippen LogP contribution in [0.5, 0.6) is 0 Å². The maximum Gasteiger partial charge on any atom is 0.0208 e. The van der Waals surface area contributed by atoms with E-state index in [2.05, 4.69) is 36.0 Å². The summed E-state index contributed by atoms with van der Waals surface area (Å²) >= 11 is 3.70. The van der Waals surface area contributed by atoms with Crippen LogP contribution in [0.2, 0.25) is 0 Å². The van der Waals surface area contributed by atoms with Gasteiger partial charge in [-0.25, -0.2) is 0 Å². The molecule has 0 spiro atoms. The van der Waals surface area contributed by atoms with Gasteiger partial charge >= 0.3 is 0 Å². The van der Waals surface area contributed by atoms with E-state index in [1.165, 1.54) is 34.7 Å². The quantitative estimate of drug-likeness (QED) is 0.827. The van der Waals surface area contributed by atoms with Crippen molar-refractivity contribution in [3.63, 3.8) is 0 Å². The van der Waals surface area contributed by atoms with Gasteiger partial charge in [-0.15, -0.1) is 23.5 Å². The van der Waals surface area contributed by atoms with E-state index in [0.29, 0.717) is 0 Å². The highest BCUT2D eigenvalue weighted by Gasteiger charge is 2.16. The van der Waals surface area contributed by atoms with E-state index in [-0.39, 0.29) is 0 Å². The topological polar surface area (TPSA) is 12.0 Å². The fourth-order valence-corrected chi connectivity index (χ4v) is 3.73. The van der Waals surface area contributed by atoms with Crippen molar-refractivity contribution < 1.29 is 0 Å². The molecule has 2 rings (SSSR count). The van der Waals surface area contributed by atoms with Gasteiger partial charge in [0.25, 0.3) is 0 Å². The molecule has 0 bridgehead atoms. The monoisotopic (exact) mass is 253 g/mol. The number of benzene rings is 1. The molecule has 0 aliphatic carbocycles. The average molecular weight is 253 g/mol. The van der Waals surface area contributed by atoms with Crippen LogP contribution in [0.3, 0.4) is 0 Å². The Bertz CT molecular complexity index is 346. The smallest absolute Gasteiger partial charge is 0.0208 e. The van der Waals surface area contributed by atoms with Crippen molar-refractivity contribution in [1.29, 1.82) is 0 Å². The minimum atomic E-state index is 0.718. The Hall–Kier alpha value is -0.120. The number of thioether (sulfide) groups is 2. The first kappa shape index (κ1) is 12.3. The van der Waals surface area contributed by atoms with Crippen LogP contribution < -0.4 is 5.32 Å². The summed E-state index contributed by atoms with van der Waals surface area (Å²) in [5.41, 5.74) is 1.51. The second-order valence-electron chi connectivity index (χ2n) is 4.16. The maximum absolute atomic E-state index is 3.49. The van der Waals surface area contributed by atoms with Crippen molar-refractivity contribution >= 4 is 23.5 Å². The number of piperidine rings is 1. The van der Waals surface area contributed by atoms with Crippen molar-refractivity contribution in [3.8, 4) is 0 Å². The molecule has 0 amide bonds. The van der Waals surface area contributed by atoms with Gasteiger partial charge in [-0.05, 0) is 55.5 Å². The van der Waals surface area contributed by atoms with Gasteiger partial charge in [-0.1, -0.05) is 6.07 Å². The molecule has 1 unspecified atom stereocenters. The molecule has 1 N–H and O–H groups in total. The first-order chi connectivity index (χ1) is 7.85. The molecular formula is C13H19NS2. The van der Waals surface area contributed by atoms with Gasteiger partial charge in [0.05, 0.1) is 0 Å². The van der Waals surface area contributed by atoms with Gasteiger partial charge in [-0.2, -0.15) is 0 Å². The predicted octanol–water partition coefficient (Wildman–Crippen LogP) is 3.60. The summed E-state index contributed by atoms with van der Waals surface area (Å²) in [5.74, 6) is 0.718. The summed E-state index contributed by atoms with van der Waals surface area (Å²) in [6, 6.07) is 6.97. The summed E-state index contributed by atoms with van der Waals surface area (Å²) in [4.78, 5) is 2.83. The molecule has 88 valence electrons. The fraction of sp³-hybridized carbons (Fsp3) is 0.538. The second-order valence-corrected chi connectivity index (χ2v) is 5.85. The third-order valence-corrected chi connectivity index (χ3v) is 4.88. The first-order valence-corrected chi connectivity index (χ1v) is 8.22. The predicted molar refractivity (Wildman–Crippen MR) is 74.8 cm³/mol. The largest absolute Gasteiger partial charge is 0.316 e. The Kier molecular flexibility index (Phi) is 4.62. The summed E-state index contributed by atoms with van der Waals surface area (Å²) in [7, 11) is 0. The van der Waals surface area contributed by atoms with E-state index in [4.69, 9.17) is 0 Å². The van der Waals surface area contributed by atoms with E-state index in [9.17, 15) is 0 Å². The van der Waals surface area contributed by atoms with Crippen LogP contribution >= 0.6 is 23.5 Å². The molecular weight excluding hydrogens is 234 g/mol. The zero-order valence-corrected chi connectivity index (χ0v) is 11.6. The van der Waals surface area contributed by atoms with Crippen LogP contribution in [0.15, 0.2) is 28.0 Å². The first-order valence-electron chi connectivity index (χ1n) is 5.78. The standard InChI is InChI=1S/C13H19NS2/c1-15-12-6-5-10(8-13(12)16-2)11-4-3-7-14-9-11/h5-6,8,11,14H,3-4,7,9H2,1-2H3. The molecule has 1 aliphatic heterocycles. The van der Waals surface area contributed by atoms with Gasteiger partial charge in [0.1, 0.15) is 0 Å². The molecule has 0 saturated carbocycles. The fourth-order valence-electron chi connectivity index (χ4n) is 2.24. The van der Waals surface area contributed by atoms with Crippen molar-refractivity contribution in [3.05, 3.63) is 23.8 Å². The highest BCUT2D eigenvalue weighted by molar-refractivity contribution is 8.01. The third kappa shape index (κ3) is 2.76. The lowest BCUT2D eigenvalue weighted by Crippen LogP contribution is -2.28. The third-order valence-electron chi connectivity index (χ3n) is 3.18. The Balaban J connectivity index is 2.20. The Morgan fingerprint density at radius 1 is 1.19 bits per heavy atom. The van der Waals surface area contributed by atoms with E-state index in [1.54, 1.807) is 0 Å². The summed E-state index contributed by atoms with van der Waals surface area (Å²) in [6.45, 7) is 2.33. The molecule has 1 heterocycles. The van der Waals surface area contributed by atoms with Crippen LogP contribution in [0.25, 0.3) is 0 Å². The van der Waals surface area contributed by atoms with E-state index in [0.717, 1.165) is 12.5 Å². The van der Waals surface area contributed by atoms with Crippen LogP contribution in [0.1, 0.15) is 24.3 Å². The average Bonchev–Trinajstić information content (AvgIpc) is 2.39. The number of hydrogen-bond donors (Lipinski definition) is 1.